The van der Waals surface area contributed by atoms with E-state index in [2.05, 4.69) is 5.32 Å². The molecule has 5 nitrogen and oxygen atoms in total. The molecule has 0 aliphatic carbocycles. The Labute approximate surface area is 124 Å². The lowest BCUT2D eigenvalue weighted by molar-refractivity contribution is 0.164. The van der Waals surface area contributed by atoms with Crippen molar-refractivity contribution in [2.24, 2.45) is 5.73 Å². The monoisotopic (exact) mass is 287 g/mol. The maximum absolute atomic E-state index is 12.2. The number of fused-ring (bicyclic) bond motifs is 1. The third-order valence-electron chi connectivity index (χ3n) is 3.27. The third kappa shape index (κ3) is 3.93. The number of anilines is 1. The number of ether oxygens (including phenoxy) is 1. The lowest BCUT2D eigenvalue weighted by Gasteiger charge is -2.22. The zero-order chi connectivity index (χ0) is 15.2. The standard InChI is InChI=1S/C16H21N3O2/c1-19(10-13(17)11-21-2)16(20)18-15-9-5-7-12-6-3-4-8-14(12)15/h3-9,13H,10-11,17H2,1-2H3,(H,18,20). The van der Waals surface area contributed by atoms with Gasteiger partial charge in [-0.1, -0.05) is 36.4 Å². The summed E-state index contributed by atoms with van der Waals surface area (Å²) in [5.41, 5.74) is 6.66. The van der Waals surface area contributed by atoms with Gasteiger partial charge >= 0.3 is 6.03 Å². The lowest BCUT2D eigenvalue weighted by atomic mass is 10.1. The molecular weight excluding hydrogens is 266 g/mol. The molecule has 3 N–H and O–H groups in total. The average molecular weight is 287 g/mol. The molecule has 0 aromatic heterocycles. The summed E-state index contributed by atoms with van der Waals surface area (Å²) in [5, 5.41) is 5.03. The predicted octanol–water partition coefficient (Wildman–Crippen LogP) is 2.28. The van der Waals surface area contributed by atoms with Crippen LogP contribution < -0.4 is 11.1 Å². The zero-order valence-corrected chi connectivity index (χ0v) is 12.4. The van der Waals surface area contributed by atoms with Gasteiger partial charge in [0.1, 0.15) is 0 Å². The van der Waals surface area contributed by atoms with Crippen molar-refractivity contribution in [3.05, 3.63) is 42.5 Å². The topological polar surface area (TPSA) is 67.6 Å². The van der Waals surface area contributed by atoms with Gasteiger partial charge in [-0.3, -0.25) is 0 Å². The van der Waals surface area contributed by atoms with Crippen LogP contribution in [0.3, 0.4) is 0 Å². The largest absolute Gasteiger partial charge is 0.383 e. The van der Waals surface area contributed by atoms with Gasteiger partial charge in [0.25, 0.3) is 0 Å². The first-order chi connectivity index (χ1) is 10.1. The van der Waals surface area contributed by atoms with E-state index in [-0.39, 0.29) is 12.1 Å². The van der Waals surface area contributed by atoms with Gasteiger partial charge in [0.2, 0.25) is 0 Å². The summed E-state index contributed by atoms with van der Waals surface area (Å²) in [5.74, 6) is 0. The first kappa shape index (κ1) is 15.3. The second-order valence-corrected chi connectivity index (χ2v) is 5.05. The highest BCUT2D eigenvalue weighted by Gasteiger charge is 2.13. The summed E-state index contributed by atoms with van der Waals surface area (Å²) in [4.78, 5) is 13.8. The summed E-state index contributed by atoms with van der Waals surface area (Å²) < 4.78 is 4.98. The molecule has 2 aromatic rings. The first-order valence-electron chi connectivity index (χ1n) is 6.86. The Morgan fingerprint density at radius 2 is 2.00 bits per heavy atom. The molecular formula is C16H21N3O2. The van der Waals surface area contributed by atoms with Crippen molar-refractivity contribution in [2.45, 2.75) is 6.04 Å². The van der Waals surface area contributed by atoms with Crippen molar-refractivity contribution in [1.29, 1.82) is 0 Å². The average Bonchev–Trinajstić information content (AvgIpc) is 2.47. The first-order valence-corrected chi connectivity index (χ1v) is 6.86. The van der Waals surface area contributed by atoms with Crippen LogP contribution >= 0.6 is 0 Å². The SMILES string of the molecule is COCC(N)CN(C)C(=O)Nc1cccc2ccccc12. The van der Waals surface area contributed by atoms with Gasteiger partial charge in [0.15, 0.2) is 0 Å². The number of rotatable bonds is 5. The summed E-state index contributed by atoms with van der Waals surface area (Å²) in [6, 6.07) is 13.4. The number of hydrogen-bond donors (Lipinski definition) is 2. The van der Waals surface area contributed by atoms with E-state index in [9.17, 15) is 4.79 Å². The normalized spacial score (nSPS) is 12.1. The smallest absolute Gasteiger partial charge is 0.321 e. The van der Waals surface area contributed by atoms with Crippen molar-refractivity contribution >= 4 is 22.5 Å². The summed E-state index contributed by atoms with van der Waals surface area (Å²) >= 11 is 0. The van der Waals surface area contributed by atoms with Gasteiger partial charge in [0.05, 0.1) is 12.3 Å². The van der Waals surface area contributed by atoms with Gasteiger partial charge in [-0.05, 0) is 11.5 Å². The highest BCUT2D eigenvalue weighted by atomic mass is 16.5. The quantitative estimate of drug-likeness (QED) is 0.886. The molecule has 112 valence electrons. The maximum atomic E-state index is 12.2. The van der Waals surface area contributed by atoms with E-state index in [1.807, 2.05) is 42.5 Å². The van der Waals surface area contributed by atoms with Gasteiger partial charge in [-0.2, -0.15) is 0 Å². The Morgan fingerprint density at radius 1 is 1.29 bits per heavy atom. The molecule has 2 amide bonds. The molecule has 0 spiro atoms. The number of nitrogens with zero attached hydrogens (tertiary/aromatic N) is 1. The van der Waals surface area contributed by atoms with Crippen molar-refractivity contribution in [3.63, 3.8) is 0 Å². The van der Waals surface area contributed by atoms with E-state index in [0.29, 0.717) is 13.2 Å². The third-order valence-corrected chi connectivity index (χ3v) is 3.27. The van der Waals surface area contributed by atoms with E-state index in [4.69, 9.17) is 10.5 Å². The van der Waals surface area contributed by atoms with E-state index < -0.39 is 0 Å². The number of methoxy groups -OCH3 is 1. The number of benzene rings is 2. The summed E-state index contributed by atoms with van der Waals surface area (Å²) in [6.07, 6.45) is 0. The van der Waals surface area contributed by atoms with Gasteiger partial charge < -0.3 is 20.7 Å². The Kier molecular flexibility index (Phi) is 5.14. The Hall–Kier alpha value is -2.11. The number of carbonyl (C=O) groups is 1. The number of carbonyl (C=O) groups excluding carboxylic acids is 1. The number of hydrogen-bond acceptors (Lipinski definition) is 3. The molecule has 0 aliphatic heterocycles. The molecule has 2 aromatic carbocycles. The molecule has 0 fully saturated rings. The summed E-state index contributed by atoms with van der Waals surface area (Å²) in [7, 11) is 3.31. The molecule has 0 bridgehead atoms. The van der Waals surface area contributed by atoms with E-state index in [0.717, 1.165) is 16.5 Å². The molecule has 0 saturated heterocycles. The van der Waals surface area contributed by atoms with E-state index >= 15 is 0 Å². The lowest BCUT2D eigenvalue weighted by Crippen LogP contribution is -2.42. The van der Waals surface area contributed by atoms with Gasteiger partial charge in [-0.15, -0.1) is 0 Å². The molecule has 0 saturated carbocycles. The minimum absolute atomic E-state index is 0.182. The minimum atomic E-state index is -0.196. The number of urea groups is 1. The number of nitrogens with one attached hydrogen (secondary N) is 1. The second-order valence-electron chi connectivity index (χ2n) is 5.05. The van der Waals surface area contributed by atoms with Crippen molar-refractivity contribution in [1.82, 2.24) is 4.90 Å². The molecule has 2 rings (SSSR count). The molecule has 0 aliphatic rings. The van der Waals surface area contributed by atoms with Crippen LogP contribution in [0.15, 0.2) is 42.5 Å². The van der Waals surface area contributed by atoms with Crippen LogP contribution in [0.5, 0.6) is 0 Å². The zero-order valence-electron chi connectivity index (χ0n) is 12.4. The van der Waals surface area contributed by atoms with Crippen LogP contribution in [0.1, 0.15) is 0 Å². The highest BCUT2D eigenvalue weighted by molar-refractivity contribution is 6.01. The van der Waals surface area contributed by atoms with Crippen LogP contribution in [0, 0.1) is 0 Å². The molecule has 1 atom stereocenters. The molecule has 5 heteroatoms. The molecule has 1 unspecified atom stereocenters. The van der Waals surface area contributed by atoms with Crippen LogP contribution in [0.4, 0.5) is 10.5 Å². The maximum Gasteiger partial charge on any atom is 0.321 e. The minimum Gasteiger partial charge on any atom is -0.383 e. The van der Waals surface area contributed by atoms with Gasteiger partial charge in [0, 0.05) is 32.1 Å². The molecule has 0 radical (unpaired) electrons. The van der Waals surface area contributed by atoms with Crippen molar-refractivity contribution in [3.8, 4) is 0 Å². The van der Waals surface area contributed by atoms with Crippen molar-refractivity contribution < 1.29 is 9.53 Å². The second kappa shape index (κ2) is 7.06. The van der Waals surface area contributed by atoms with E-state index in [1.54, 1.807) is 19.1 Å². The fourth-order valence-corrected chi connectivity index (χ4v) is 2.25. The van der Waals surface area contributed by atoms with Crippen LogP contribution in [-0.2, 0) is 4.74 Å². The fraction of sp³-hybridized carbons (Fsp3) is 0.312. The predicted molar refractivity (Wildman–Crippen MR) is 85.4 cm³/mol. The van der Waals surface area contributed by atoms with Crippen LogP contribution in [-0.4, -0.2) is 44.3 Å². The Morgan fingerprint density at radius 3 is 2.76 bits per heavy atom. The van der Waals surface area contributed by atoms with Crippen molar-refractivity contribution in [2.75, 3.05) is 32.6 Å². The highest BCUT2D eigenvalue weighted by Crippen LogP contribution is 2.23. The fourth-order valence-electron chi connectivity index (χ4n) is 2.25. The van der Waals surface area contributed by atoms with Crippen LogP contribution in [0.25, 0.3) is 10.8 Å². The van der Waals surface area contributed by atoms with E-state index in [1.165, 1.54) is 0 Å². The van der Waals surface area contributed by atoms with Gasteiger partial charge in [-0.25, -0.2) is 4.79 Å². The number of likely N-dealkylation sites (N-methyl/N-ethyl adjacent to an activating group) is 1. The number of amides is 2. The Bertz CT molecular complexity index is 610. The molecule has 21 heavy (non-hydrogen) atoms. The number of nitrogens with two attached hydrogens (primary N) is 1. The van der Waals surface area contributed by atoms with Crippen LogP contribution in [0.2, 0.25) is 0 Å². The molecule has 0 heterocycles. The Balaban J connectivity index is 2.07. The summed E-state index contributed by atoms with van der Waals surface area (Å²) in [6.45, 7) is 0.857.